The van der Waals surface area contributed by atoms with Gasteiger partial charge < -0.3 is 9.64 Å². The maximum atomic E-state index is 13.4. The molecule has 4 heteroatoms. The molecular weight excluding hydrogens is 418 g/mol. The van der Waals surface area contributed by atoms with E-state index in [0.29, 0.717) is 23.7 Å². The first kappa shape index (κ1) is 22.3. The number of ether oxygens (including phenoxy) is 1. The summed E-state index contributed by atoms with van der Waals surface area (Å²) in [4.78, 5) is 15.3. The summed E-state index contributed by atoms with van der Waals surface area (Å²) >= 11 is 6.19. The normalized spacial score (nSPS) is 17.4. The molecular formula is C28H28ClNO2. The molecule has 3 aromatic rings. The summed E-state index contributed by atoms with van der Waals surface area (Å²) in [5.74, 6) is -0.00262. The second-order valence-corrected chi connectivity index (χ2v) is 8.52. The maximum Gasteiger partial charge on any atom is 0.257 e. The molecule has 0 spiro atoms. The zero-order valence-electron chi connectivity index (χ0n) is 18.4. The lowest BCUT2D eigenvalue weighted by Crippen LogP contribution is -2.47. The number of hydrogen-bond donors (Lipinski definition) is 0. The summed E-state index contributed by atoms with van der Waals surface area (Å²) in [6.07, 6.45) is 4.70. The Kier molecular flexibility index (Phi) is 6.78. The zero-order chi connectivity index (χ0) is 22.6. The minimum Gasteiger partial charge on any atom is -0.342 e. The van der Waals surface area contributed by atoms with Crippen LogP contribution in [0, 0.1) is 0 Å². The number of amides is 1. The van der Waals surface area contributed by atoms with Gasteiger partial charge in [0.1, 0.15) is 0 Å². The Hall–Kier alpha value is -2.88. The van der Waals surface area contributed by atoms with Crippen LogP contribution in [-0.4, -0.2) is 17.4 Å². The zero-order valence-corrected chi connectivity index (χ0v) is 19.1. The molecule has 3 aromatic carbocycles. The van der Waals surface area contributed by atoms with Crippen molar-refractivity contribution in [1.29, 1.82) is 0 Å². The lowest BCUT2D eigenvalue weighted by atomic mass is 9.93. The Bertz CT molecular complexity index is 1090. The smallest absolute Gasteiger partial charge is 0.257 e. The highest BCUT2D eigenvalue weighted by molar-refractivity contribution is 6.30. The van der Waals surface area contributed by atoms with E-state index in [4.69, 9.17) is 16.3 Å². The molecule has 1 aliphatic heterocycles. The fourth-order valence-corrected chi connectivity index (χ4v) is 4.49. The van der Waals surface area contributed by atoms with Gasteiger partial charge in [-0.1, -0.05) is 79.2 Å². The third-order valence-corrected chi connectivity index (χ3v) is 6.19. The number of carbonyl (C=O) groups excluding carboxylic acids is 1. The molecule has 1 unspecified atom stereocenters. The van der Waals surface area contributed by atoms with Crippen LogP contribution in [0.15, 0.2) is 85.5 Å². The quantitative estimate of drug-likeness (QED) is 0.341. The number of aryl methyl sites for hydroxylation is 1. The highest BCUT2D eigenvalue weighted by Gasteiger charge is 2.51. The van der Waals surface area contributed by atoms with Crippen molar-refractivity contribution in [3.8, 4) is 0 Å². The van der Waals surface area contributed by atoms with Crippen molar-refractivity contribution in [2.45, 2.75) is 38.5 Å². The first-order valence-corrected chi connectivity index (χ1v) is 11.5. The third-order valence-electron chi connectivity index (χ3n) is 5.94. The molecule has 1 aliphatic rings. The number of hydrogen-bond acceptors (Lipinski definition) is 2. The van der Waals surface area contributed by atoms with E-state index in [0.717, 1.165) is 36.0 Å². The van der Waals surface area contributed by atoms with Gasteiger partial charge in [0.15, 0.2) is 5.72 Å². The number of carbonyl (C=O) groups is 1. The van der Waals surface area contributed by atoms with Crippen LogP contribution in [-0.2, 0) is 23.5 Å². The molecule has 0 saturated heterocycles. The fourth-order valence-electron chi connectivity index (χ4n) is 4.37. The highest BCUT2D eigenvalue weighted by atomic mass is 35.5. The third kappa shape index (κ3) is 4.11. The maximum absolute atomic E-state index is 13.4. The molecule has 0 saturated carbocycles. The number of halogens is 1. The number of fused-ring (bicyclic) bond motifs is 1. The van der Waals surface area contributed by atoms with Crippen LogP contribution in [0.4, 0.5) is 0 Å². The molecule has 1 atom stereocenters. The van der Waals surface area contributed by atoms with Gasteiger partial charge in [-0.3, -0.25) is 4.79 Å². The van der Waals surface area contributed by atoms with Crippen LogP contribution < -0.4 is 0 Å². The van der Waals surface area contributed by atoms with E-state index in [1.807, 2.05) is 59.5 Å². The summed E-state index contributed by atoms with van der Waals surface area (Å²) in [7, 11) is 0. The van der Waals surface area contributed by atoms with Gasteiger partial charge in [0, 0.05) is 28.3 Å². The van der Waals surface area contributed by atoms with Gasteiger partial charge in [-0.05, 0) is 48.6 Å². The van der Waals surface area contributed by atoms with Crippen molar-refractivity contribution >= 4 is 17.5 Å². The summed E-state index contributed by atoms with van der Waals surface area (Å²) in [5, 5.41) is 0.652. The minimum absolute atomic E-state index is 0.00262. The van der Waals surface area contributed by atoms with E-state index in [9.17, 15) is 4.79 Å². The molecule has 3 nitrogen and oxygen atoms in total. The van der Waals surface area contributed by atoms with Gasteiger partial charge >= 0.3 is 0 Å². The standard InChI is InChI=1S/C28H28ClNO2/c1-3-5-8-21-11-13-22(14-12-21)20-32-28(23-15-17-24(29)18-16-23)26-10-7-6-9-25(26)27(31)30(28)19-4-2/h3,6-7,9-18H,1,4-5,8,19-20H2,2H3. The van der Waals surface area contributed by atoms with E-state index in [1.54, 1.807) is 0 Å². The molecule has 0 N–H and O–H groups in total. The summed E-state index contributed by atoms with van der Waals surface area (Å²) in [6, 6.07) is 23.8. The number of rotatable bonds is 9. The highest BCUT2D eigenvalue weighted by Crippen LogP contribution is 2.46. The van der Waals surface area contributed by atoms with Gasteiger partial charge in [0.25, 0.3) is 5.91 Å². The van der Waals surface area contributed by atoms with Gasteiger partial charge in [-0.15, -0.1) is 6.58 Å². The predicted molar refractivity (Wildman–Crippen MR) is 130 cm³/mol. The molecule has 4 rings (SSSR count). The Morgan fingerprint density at radius 2 is 1.69 bits per heavy atom. The SMILES string of the molecule is C=CCCc1ccc(COC2(c3ccc(Cl)cc3)c3ccccc3C(=O)N2CCC)cc1. The molecule has 0 aromatic heterocycles. The van der Waals surface area contributed by atoms with E-state index >= 15 is 0 Å². The average molecular weight is 446 g/mol. The van der Waals surface area contributed by atoms with Crippen molar-refractivity contribution < 1.29 is 9.53 Å². The largest absolute Gasteiger partial charge is 0.342 e. The molecule has 0 bridgehead atoms. The lowest BCUT2D eigenvalue weighted by Gasteiger charge is -2.39. The average Bonchev–Trinajstić information content (AvgIpc) is 3.06. The molecule has 1 amide bonds. The molecule has 0 fully saturated rings. The molecule has 32 heavy (non-hydrogen) atoms. The number of allylic oxidation sites excluding steroid dienone is 1. The molecule has 0 radical (unpaired) electrons. The van der Waals surface area contributed by atoms with Gasteiger partial charge in [-0.25, -0.2) is 0 Å². The van der Waals surface area contributed by atoms with Crippen molar-refractivity contribution in [2.24, 2.45) is 0 Å². The second-order valence-electron chi connectivity index (χ2n) is 8.09. The van der Waals surface area contributed by atoms with E-state index in [-0.39, 0.29) is 5.91 Å². The number of nitrogens with zero attached hydrogens (tertiary/aromatic N) is 1. The van der Waals surface area contributed by atoms with Crippen molar-refractivity contribution in [3.05, 3.63) is 118 Å². The Balaban J connectivity index is 1.74. The van der Waals surface area contributed by atoms with Gasteiger partial charge in [0.05, 0.1) is 6.61 Å². The van der Waals surface area contributed by atoms with Crippen LogP contribution in [0.25, 0.3) is 0 Å². The monoisotopic (exact) mass is 445 g/mol. The van der Waals surface area contributed by atoms with E-state index in [2.05, 4.69) is 37.8 Å². The summed E-state index contributed by atoms with van der Waals surface area (Å²) < 4.78 is 6.73. The van der Waals surface area contributed by atoms with E-state index < -0.39 is 5.72 Å². The molecule has 1 heterocycles. The van der Waals surface area contributed by atoms with Crippen molar-refractivity contribution in [2.75, 3.05) is 6.54 Å². The van der Waals surface area contributed by atoms with E-state index in [1.165, 1.54) is 5.56 Å². The van der Waals surface area contributed by atoms with Crippen molar-refractivity contribution in [3.63, 3.8) is 0 Å². The predicted octanol–water partition coefficient (Wildman–Crippen LogP) is 6.74. The summed E-state index contributed by atoms with van der Waals surface area (Å²) in [6.45, 7) is 6.84. The summed E-state index contributed by atoms with van der Waals surface area (Å²) in [5.41, 5.74) is 3.81. The van der Waals surface area contributed by atoms with Crippen molar-refractivity contribution in [1.82, 2.24) is 4.90 Å². The first-order chi connectivity index (χ1) is 15.6. The lowest BCUT2D eigenvalue weighted by molar-refractivity contribution is -0.117. The Morgan fingerprint density at radius 3 is 2.38 bits per heavy atom. The Morgan fingerprint density at radius 1 is 1.00 bits per heavy atom. The first-order valence-electron chi connectivity index (χ1n) is 11.1. The van der Waals surface area contributed by atoms with Crippen LogP contribution in [0.1, 0.15) is 52.4 Å². The molecule has 164 valence electrons. The topological polar surface area (TPSA) is 29.5 Å². The Labute approximate surface area is 195 Å². The van der Waals surface area contributed by atoms with Gasteiger partial charge in [-0.2, -0.15) is 0 Å². The van der Waals surface area contributed by atoms with Crippen LogP contribution in [0.2, 0.25) is 5.02 Å². The van der Waals surface area contributed by atoms with Crippen LogP contribution in [0.5, 0.6) is 0 Å². The number of benzene rings is 3. The molecule has 0 aliphatic carbocycles. The fraction of sp³-hybridized carbons (Fsp3) is 0.250. The van der Waals surface area contributed by atoms with Crippen LogP contribution >= 0.6 is 11.6 Å². The van der Waals surface area contributed by atoms with Gasteiger partial charge in [0.2, 0.25) is 0 Å². The second kappa shape index (κ2) is 9.72. The van der Waals surface area contributed by atoms with Crippen LogP contribution in [0.3, 0.4) is 0 Å². The minimum atomic E-state index is -0.990.